The second-order valence-electron chi connectivity index (χ2n) is 10.3. The maximum Gasteiger partial charge on any atom is 0.490 e. The molecule has 0 aromatic heterocycles. The lowest BCUT2D eigenvalue weighted by atomic mass is 9.75. The van der Waals surface area contributed by atoms with E-state index in [2.05, 4.69) is 24.1 Å². The summed E-state index contributed by atoms with van der Waals surface area (Å²) in [7, 11) is 0. The summed E-state index contributed by atoms with van der Waals surface area (Å²) in [6.45, 7) is 8.76. The lowest BCUT2D eigenvalue weighted by molar-refractivity contribution is -0.192. The second kappa shape index (κ2) is 11.1. The molecule has 3 aliphatic rings. The minimum absolute atomic E-state index is 0.0808. The summed E-state index contributed by atoms with van der Waals surface area (Å²) in [5, 5.41) is 10.5. The van der Waals surface area contributed by atoms with Crippen molar-refractivity contribution < 1.29 is 37.1 Å². The molecule has 3 saturated heterocycles. The fraction of sp³-hybridized carbons (Fsp3) is 0.640. The summed E-state index contributed by atoms with van der Waals surface area (Å²) in [6, 6.07) is 6.13. The molecular weight excluding hydrogens is 482 g/mol. The minimum Gasteiger partial charge on any atom is -0.475 e. The van der Waals surface area contributed by atoms with E-state index >= 15 is 0 Å². The van der Waals surface area contributed by atoms with Crippen molar-refractivity contribution in [1.29, 1.82) is 0 Å². The Balaban J connectivity index is 0.000000454. The lowest BCUT2D eigenvalue weighted by Gasteiger charge is -2.43. The standard InChI is InChI=1S/C23H32FN3O2.C2HF3O2/c1-16(2)7-10-26-14-19-20(15-26)23(25-22(19)29)8-11-27(12-9-23)21(28)13-17-3-5-18(24)6-4-17;3-2(4,5)1(6)7/h3-6,16,19-20H,7-15H2,1-2H3,(H,25,29);(H,6,7)/t19-,20+;/m1./s1. The first-order chi connectivity index (χ1) is 16.8. The fourth-order valence-electron chi connectivity index (χ4n) is 5.30. The summed E-state index contributed by atoms with van der Waals surface area (Å²) in [4.78, 5) is 38.6. The first-order valence-electron chi connectivity index (χ1n) is 12.2. The molecule has 200 valence electrons. The van der Waals surface area contributed by atoms with Gasteiger partial charge in [-0.1, -0.05) is 26.0 Å². The number of aliphatic carboxylic acids is 1. The van der Waals surface area contributed by atoms with Crippen molar-refractivity contribution in [3.63, 3.8) is 0 Å². The topological polar surface area (TPSA) is 90.0 Å². The highest BCUT2D eigenvalue weighted by Crippen LogP contribution is 2.44. The molecule has 2 N–H and O–H groups in total. The molecule has 3 fully saturated rings. The van der Waals surface area contributed by atoms with Crippen molar-refractivity contribution in [2.75, 3.05) is 32.7 Å². The number of carboxylic acid groups (broad SMARTS) is 1. The normalized spacial score (nSPS) is 23.3. The van der Waals surface area contributed by atoms with Gasteiger partial charge in [-0.15, -0.1) is 0 Å². The van der Waals surface area contributed by atoms with E-state index in [1.807, 2.05) is 4.90 Å². The molecule has 3 aliphatic heterocycles. The Kier molecular flexibility index (Phi) is 8.63. The van der Waals surface area contributed by atoms with Crippen molar-refractivity contribution >= 4 is 17.8 Å². The Bertz CT molecular complexity index is 944. The van der Waals surface area contributed by atoms with Crippen LogP contribution < -0.4 is 5.32 Å². The van der Waals surface area contributed by atoms with Gasteiger partial charge in [0.2, 0.25) is 11.8 Å². The van der Waals surface area contributed by atoms with Gasteiger partial charge in [0.05, 0.1) is 12.3 Å². The molecule has 0 saturated carbocycles. The Labute approximate surface area is 207 Å². The first-order valence-corrected chi connectivity index (χ1v) is 12.2. The molecule has 11 heteroatoms. The Morgan fingerprint density at radius 1 is 1.14 bits per heavy atom. The smallest absolute Gasteiger partial charge is 0.475 e. The van der Waals surface area contributed by atoms with Crippen molar-refractivity contribution in [3.05, 3.63) is 35.6 Å². The molecule has 4 rings (SSSR count). The average molecular weight is 516 g/mol. The van der Waals surface area contributed by atoms with Crippen LogP contribution in [0.3, 0.4) is 0 Å². The highest BCUT2D eigenvalue weighted by Gasteiger charge is 2.57. The minimum atomic E-state index is -5.08. The predicted molar refractivity (Wildman–Crippen MR) is 123 cm³/mol. The maximum atomic E-state index is 13.1. The van der Waals surface area contributed by atoms with Gasteiger partial charge in [0.25, 0.3) is 0 Å². The molecule has 1 aromatic rings. The summed E-state index contributed by atoms with van der Waals surface area (Å²) in [6.07, 6.45) is -1.96. The number of hydrogen-bond acceptors (Lipinski definition) is 4. The zero-order valence-corrected chi connectivity index (χ0v) is 20.5. The first kappa shape index (κ1) is 27.9. The molecule has 36 heavy (non-hydrogen) atoms. The number of halogens is 4. The zero-order valence-electron chi connectivity index (χ0n) is 20.5. The predicted octanol–water partition coefficient (Wildman–Crippen LogP) is 3.09. The number of hydrogen-bond donors (Lipinski definition) is 2. The van der Waals surface area contributed by atoms with E-state index in [0.29, 0.717) is 31.3 Å². The van der Waals surface area contributed by atoms with E-state index < -0.39 is 12.1 Å². The number of piperidine rings is 1. The van der Waals surface area contributed by atoms with Crippen LogP contribution in [-0.2, 0) is 20.8 Å². The number of benzene rings is 1. The van der Waals surface area contributed by atoms with Crippen molar-refractivity contribution in [3.8, 4) is 0 Å². The van der Waals surface area contributed by atoms with Gasteiger partial charge in [-0.05, 0) is 49.4 Å². The van der Waals surface area contributed by atoms with Gasteiger partial charge in [-0.25, -0.2) is 9.18 Å². The molecule has 2 atom stereocenters. The zero-order chi connectivity index (χ0) is 26.7. The van der Waals surface area contributed by atoms with Gasteiger partial charge in [-0.2, -0.15) is 13.2 Å². The van der Waals surface area contributed by atoms with E-state index in [1.54, 1.807) is 12.1 Å². The maximum absolute atomic E-state index is 13.1. The van der Waals surface area contributed by atoms with Gasteiger partial charge in [0.15, 0.2) is 0 Å². The highest BCUT2D eigenvalue weighted by atomic mass is 19.4. The van der Waals surface area contributed by atoms with Gasteiger partial charge >= 0.3 is 12.1 Å². The molecule has 2 amide bonds. The van der Waals surface area contributed by atoms with E-state index in [0.717, 1.165) is 38.0 Å². The molecule has 0 unspecified atom stereocenters. The van der Waals surface area contributed by atoms with Crippen LogP contribution in [0.25, 0.3) is 0 Å². The molecule has 3 heterocycles. The number of alkyl halides is 3. The van der Waals surface area contributed by atoms with Crippen LogP contribution in [0.2, 0.25) is 0 Å². The van der Waals surface area contributed by atoms with Crippen LogP contribution in [0.5, 0.6) is 0 Å². The van der Waals surface area contributed by atoms with Crippen LogP contribution in [0, 0.1) is 23.6 Å². The van der Waals surface area contributed by atoms with Crippen molar-refractivity contribution in [2.45, 2.75) is 51.2 Å². The highest BCUT2D eigenvalue weighted by molar-refractivity contribution is 5.84. The molecule has 1 aromatic carbocycles. The number of carbonyl (C=O) groups excluding carboxylic acids is 2. The van der Waals surface area contributed by atoms with E-state index in [1.165, 1.54) is 18.6 Å². The summed E-state index contributed by atoms with van der Waals surface area (Å²) < 4.78 is 44.8. The number of rotatable bonds is 5. The summed E-state index contributed by atoms with van der Waals surface area (Å²) in [5.74, 6) is -1.63. The average Bonchev–Trinajstić information content (AvgIpc) is 3.34. The van der Waals surface area contributed by atoms with E-state index in [9.17, 15) is 27.2 Å². The Morgan fingerprint density at radius 3 is 2.25 bits per heavy atom. The third kappa shape index (κ3) is 6.74. The molecular formula is C25H33F4N3O4. The SMILES string of the molecule is CC(C)CCN1C[C@H]2C(=O)NC3(CCN(C(=O)Cc4ccc(F)cc4)CC3)[C@H]2C1.O=C(O)C(F)(F)F. The molecule has 7 nitrogen and oxygen atoms in total. The second-order valence-corrected chi connectivity index (χ2v) is 10.3. The number of fused-ring (bicyclic) bond motifs is 2. The van der Waals surface area contributed by atoms with Gasteiger partial charge in [-0.3, -0.25) is 9.59 Å². The van der Waals surface area contributed by atoms with Crippen LogP contribution in [0.4, 0.5) is 17.6 Å². The number of nitrogens with zero attached hydrogens (tertiary/aromatic N) is 2. The Morgan fingerprint density at radius 2 is 1.72 bits per heavy atom. The van der Waals surface area contributed by atoms with Crippen LogP contribution in [0.1, 0.15) is 38.7 Å². The number of nitrogens with one attached hydrogen (secondary N) is 1. The number of carbonyl (C=O) groups is 3. The third-order valence-electron chi connectivity index (χ3n) is 7.36. The largest absolute Gasteiger partial charge is 0.490 e. The lowest BCUT2D eigenvalue weighted by Crippen LogP contribution is -2.56. The molecule has 0 radical (unpaired) electrons. The summed E-state index contributed by atoms with van der Waals surface area (Å²) in [5.41, 5.74) is 0.684. The molecule has 1 spiro atoms. The third-order valence-corrected chi connectivity index (χ3v) is 7.36. The summed E-state index contributed by atoms with van der Waals surface area (Å²) >= 11 is 0. The van der Waals surface area contributed by atoms with Gasteiger partial charge in [0, 0.05) is 37.6 Å². The molecule has 0 aliphatic carbocycles. The van der Waals surface area contributed by atoms with Gasteiger partial charge in [0.1, 0.15) is 5.82 Å². The number of amides is 2. The Hall–Kier alpha value is -2.69. The number of carboxylic acids is 1. The molecule has 0 bridgehead atoms. The van der Waals surface area contributed by atoms with Crippen LogP contribution >= 0.6 is 0 Å². The van der Waals surface area contributed by atoms with Crippen molar-refractivity contribution in [1.82, 2.24) is 15.1 Å². The van der Waals surface area contributed by atoms with E-state index in [4.69, 9.17) is 9.90 Å². The van der Waals surface area contributed by atoms with Crippen LogP contribution in [0.15, 0.2) is 24.3 Å². The van der Waals surface area contributed by atoms with Crippen LogP contribution in [-0.4, -0.2) is 77.1 Å². The number of likely N-dealkylation sites (tertiary alicyclic amines) is 2. The van der Waals surface area contributed by atoms with E-state index in [-0.39, 0.29) is 29.1 Å². The van der Waals surface area contributed by atoms with Gasteiger partial charge < -0.3 is 20.2 Å². The monoisotopic (exact) mass is 515 g/mol. The fourth-order valence-corrected chi connectivity index (χ4v) is 5.30. The quantitative estimate of drug-likeness (QED) is 0.589. The van der Waals surface area contributed by atoms with Crippen molar-refractivity contribution in [2.24, 2.45) is 17.8 Å².